The molecule has 0 aliphatic carbocycles. The minimum absolute atomic E-state index is 0.0822. The highest BCUT2D eigenvalue weighted by molar-refractivity contribution is 6.30. The number of carbonyl (C=O) groups excluding carboxylic acids is 1. The van der Waals surface area contributed by atoms with Gasteiger partial charge in [-0.2, -0.15) is 26.3 Å². The Labute approximate surface area is 192 Å². The number of allylic oxidation sites excluding steroid dienone is 1. The smallest absolute Gasteiger partial charge is 0.435 e. The molecule has 3 heterocycles. The molecule has 1 unspecified atom stereocenters. The van der Waals surface area contributed by atoms with Gasteiger partial charge in [-0.25, -0.2) is 0 Å². The number of carbonyl (C=O) groups is 1. The molecule has 0 spiro atoms. The lowest BCUT2D eigenvalue weighted by Gasteiger charge is -2.30. The monoisotopic (exact) mass is 501 g/mol. The molecule has 3 aromatic rings. The first-order valence-electron chi connectivity index (χ1n) is 9.51. The third kappa shape index (κ3) is 4.11. The molecule has 1 atom stereocenters. The van der Waals surface area contributed by atoms with E-state index < -0.39 is 46.5 Å². The van der Waals surface area contributed by atoms with E-state index in [1.54, 1.807) is 12.3 Å². The second kappa shape index (κ2) is 8.08. The van der Waals surface area contributed by atoms with Crippen molar-refractivity contribution in [3.8, 4) is 0 Å². The van der Waals surface area contributed by atoms with Gasteiger partial charge in [0.05, 0.1) is 22.8 Å². The van der Waals surface area contributed by atoms with Crippen LogP contribution < -0.4 is 5.11 Å². The molecule has 0 radical (unpaired) electrons. The summed E-state index contributed by atoms with van der Waals surface area (Å²) in [5, 5.41) is 14.2. The van der Waals surface area contributed by atoms with Gasteiger partial charge in [0.15, 0.2) is 0 Å². The fourth-order valence-corrected chi connectivity index (χ4v) is 3.89. The summed E-state index contributed by atoms with van der Waals surface area (Å²) in [5.41, 5.74) is -4.93. The number of benzene rings is 1. The molecule has 0 N–H and O–H groups in total. The topological polar surface area (TPSA) is 66.1 Å². The van der Waals surface area contributed by atoms with Crippen molar-refractivity contribution < 1.29 is 41.1 Å². The average Bonchev–Trinajstić information content (AvgIpc) is 3.38. The lowest BCUT2D eigenvalue weighted by atomic mass is 9.87. The summed E-state index contributed by atoms with van der Waals surface area (Å²) in [6.07, 6.45) is -6.83. The van der Waals surface area contributed by atoms with Gasteiger partial charge in [0, 0.05) is 34.5 Å². The van der Waals surface area contributed by atoms with Gasteiger partial charge in [0.25, 0.3) is 5.60 Å². The van der Waals surface area contributed by atoms with Crippen molar-refractivity contribution in [1.29, 1.82) is 0 Å². The number of hydrogen-bond donors (Lipinski definition) is 0. The predicted octanol–water partition coefficient (Wildman–Crippen LogP) is 5.22. The molecule has 178 valence electrons. The zero-order valence-corrected chi connectivity index (χ0v) is 17.5. The van der Waals surface area contributed by atoms with Gasteiger partial charge in [-0.15, -0.1) is 0 Å². The summed E-state index contributed by atoms with van der Waals surface area (Å²) in [5.74, 6) is -1.40. The van der Waals surface area contributed by atoms with Gasteiger partial charge < -0.3 is 19.1 Å². The number of pyridine rings is 1. The molecule has 0 fully saturated rings. The number of aromatic carboxylic acids is 1. The number of fused-ring (bicyclic) bond motifs is 1. The molecule has 1 aliphatic rings. The standard InChI is InChI=1S/C22H13ClF6N2O3/c23-14-9-12(8-13(10-14)21(24,25)26)20(22(27,28)29)11-15(30-34-20)3-4-16-5-6-17(19(32)33)18-2-1-7-31(16)18/h1-10H,11H2,(H,32,33)/p-1/b4-3+. The van der Waals surface area contributed by atoms with Crippen LogP contribution in [0.15, 0.2) is 59.9 Å². The highest BCUT2D eigenvalue weighted by Crippen LogP contribution is 2.49. The lowest BCUT2D eigenvalue weighted by molar-refractivity contribution is -0.276. The molecule has 12 heteroatoms. The molecule has 34 heavy (non-hydrogen) atoms. The van der Waals surface area contributed by atoms with E-state index in [-0.39, 0.29) is 11.3 Å². The summed E-state index contributed by atoms with van der Waals surface area (Å²) >= 11 is 5.68. The quantitative estimate of drug-likeness (QED) is 0.460. The van der Waals surface area contributed by atoms with Crippen molar-refractivity contribution in [2.75, 3.05) is 0 Å². The Morgan fingerprint density at radius 1 is 1.12 bits per heavy atom. The van der Waals surface area contributed by atoms with Crippen LogP contribution in [0.2, 0.25) is 5.02 Å². The number of hydrogen-bond acceptors (Lipinski definition) is 4. The van der Waals surface area contributed by atoms with Crippen LogP contribution in [-0.4, -0.2) is 22.3 Å². The molecule has 0 amide bonds. The summed E-state index contributed by atoms with van der Waals surface area (Å²) < 4.78 is 83.2. The zero-order chi connectivity index (χ0) is 24.9. The maximum absolute atomic E-state index is 14.1. The van der Waals surface area contributed by atoms with Crippen LogP contribution in [0.25, 0.3) is 11.6 Å². The molecule has 1 aliphatic heterocycles. The Morgan fingerprint density at radius 3 is 2.50 bits per heavy atom. The largest absolute Gasteiger partial charge is 0.545 e. The second-order valence-corrected chi connectivity index (χ2v) is 7.89. The highest BCUT2D eigenvalue weighted by Gasteiger charge is 2.62. The third-order valence-electron chi connectivity index (χ3n) is 5.29. The van der Waals surface area contributed by atoms with Gasteiger partial charge in [0.1, 0.15) is 0 Å². The molecule has 5 nitrogen and oxygen atoms in total. The van der Waals surface area contributed by atoms with E-state index in [9.17, 15) is 36.2 Å². The maximum atomic E-state index is 14.1. The van der Waals surface area contributed by atoms with Crippen LogP contribution in [0.5, 0.6) is 0 Å². The molecule has 0 saturated heterocycles. The molecule has 0 bridgehead atoms. The highest BCUT2D eigenvalue weighted by atomic mass is 35.5. The molecule has 2 aromatic heterocycles. The first kappa shape index (κ1) is 23.7. The van der Waals surface area contributed by atoms with Crippen molar-refractivity contribution in [2.24, 2.45) is 5.16 Å². The van der Waals surface area contributed by atoms with Gasteiger partial charge >= 0.3 is 12.4 Å². The van der Waals surface area contributed by atoms with Crippen LogP contribution in [0.4, 0.5) is 26.3 Å². The fourth-order valence-electron chi connectivity index (χ4n) is 3.65. The Kier molecular flexibility index (Phi) is 5.63. The molecule has 0 saturated carbocycles. The number of carboxylic acids is 1. The number of aromatic nitrogens is 1. The number of carboxylic acid groups (broad SMARTS) is 1. The van der Waals surface area contributed by atoms with Crippen LogP contribution in [0.3, 0.4) is 0 Å². The van der Waals surface area contributed by atoms with Crippen LogP contribution in [-0.2, 0) is 16.6 Å². The summed E-state index contributed by atoms with van der Waals surface area (Å²) in [7, 11) is 0. The lowest BCUT2D eigenvalue weighted by Crippen LogP contribution is -2.42. The fraction of sp³-hybridized carbons (Fsp3) is 0.182. The number of rotatable bonds is 4. The van der Waals surface area contributed by atoms with Crippen molar-refractivity contribution in [1.82, 2.24) is 4.40 Å². The first-order chi connectivity index (χ1) is 15.8. The van der Waals surface area contributed by atoms with E-state index in [1.165, 1.54) is 34.8 Å². The van der Waals surface area contributed by atoms with E-state index in [4.69, 9.17) is 16.4 Å². The Hall–Kier alpha value is -3.47. The molecule has 1 aromatic carbocycles. The van der Waals surface area contributed by atoms with Crippen LogP contribution in [0, 0.1) is 0 Å². The van der Waals surface area contributed by atoms with Gasteiger partial charge in [-0.3, -0.25) is 0 Å². The Balaban J connectivity index is 1.69. The van der Waals surface area contributed by atoms with Crippen LogP contribution >= 0.6 is 11.6 Å². The van der Waals surface area contributed by atoms with E-state index in [1.807, 2.05) is 0 Å². The van der Waals surface area contributed by atoms with Gasteiger partial charge in [-0.1, -0.05) is 16.8 Å². The first-order valence-corrected chi connectivity index (χ1v) is 9.89. The normalized spacial score (nSPS) is 19.0. The van der Waals surface area contributed by atoms with E-state index >= 15 is 0 Å². The van der Waals surface area contributed by atoms with Gasteiger partial charge in [-0.05, 0) is 54.6 Å². The summed E-state index contributed by atoms with van der Waals surface area (Å²) in [4.78, 5) is 16.0. The SMILES string of the molecule is O=C([O-])c1ccc(/C=C/C2=NOC(c3cc(Cl)cc(C(F)(F)F)c3)(C(F)(F)F)C2)n2cccc12. The summed E-state index contributed by atoms with van der Waals surface area (Å²) in [6, 6.07) is 7.39. The number of oxime groups is 1. The van der Waals surface area contributed by atoms with Crippen LogP contribution in [0.1, 0.15) is 33.6 Å². The van der Waals surface area contributed by atoms with E-state index in [0.717, 1.165) is 6.07 Å². The number of halogens is 7. The molecular weight excluding hydrogens is 490 g/mol. The van der Waals surface area contributed by atoms with Gasteiger partial charge in [0.2, 0.25) is 0 Å². The van der Waals surface area contributed by atoms with Crippen molar-refractivity contribution >= 4 is 34.9 Å². The molecular formula is C22H12ClF6N2O3-. The maximum Gasteiger partial charge on any atom is 0.435 e. The molecule has 4 rings (SSSR count). The minimum Gasteiger partial charge on any atom is -0.545 e. The van der Waals surface area contributed by atoms with E-state index in [2.05, 4.69) is 5.16 Å². The zero-order valence-electron chi connectivity index (χ0n) is 16.7. The third-order valence-corrected chi connectivity index (χ3v) is 5.51. The van der Waals surface area contributed by atoms with Crippen molar-refractivity contribution in [3.05, 3.63) is 82.1 Å². The Morgan fingerprint density at radius 2 is 1.85 bits per heavy atom. The number of nitrogens with zero attached hydrogens (tertiary/aromatic N) is 2. The minimum atomic E-state index is -5.12. The number of alkyl halides is 6. The Bertz CT molecular complexity index is 1340. The van der Waals surface area contributed by atoms with Crippen molar-refractivity contribution in [3.63, 3.8) is 0 Å². The average molecular weight is 502 g/mol. The van der Waals surface area contributed by atoms with E-state index in [0.29, 0.717) is 23.3 Å². The second-order valence-electron chi connectivity index (χ2n) is 7.46. The summed E-state index contributed by atoms with van der Waals surface area (Å²) in [6.45, 7) is 0. The predicted molar refractivity (Wildman–Crippen MR) is 108 cm³/mol. The van der Waals surface area contributed by atoms with Crippen molar-refractivity contribution in [2.45, 2.75) is 24.4 Å².